The van der Waals surface area contributed by atoms with E-state index in [2.05, 4.69) is 29.1 Å². The number of amides is 1. The van der Waals surface area contributed by atoms with Crippen molar-refractivity contribution in [3.05, 3.63) is 29.8 Å². The highest BCUT2D eigenvalue weighted by Crippen LogP contribution is 2.15. The van der Waals surface area contributed by atoms with Gasteiger partial charge in [-0.3, -0.25) is 4.79 Å². The molecule has 0 bridgehead atoms. The Bertz CT molecular complexity index is 485. The van der Waals surface area contributed by atoms with Crippen LogP contribution in [0.5, 0.6) is 5.75 Å². The molecule has 1 aliphatic heterocycles. The summed E-state index contributed by atoms with van der Waals surface area (Å²) in [6.45, 7) is 8.31. The van der Waals surface area contributed by atoms with E-state index in [0.717, 1.165) is 32.7 Å². The van der Waals surface area contributed by atoms with Gasteiger partial charge in [-0.15, -0.1) is 0 Å². The number of rotatable bonds is 6. The van der Waals surface area contributed by atoms with Crippen LogP contribution in [0.4, 0.5) is 0 Å². The number of phenols is 1. The van der Waals surface area contributed by atoms with Crippen LogP contribution < -0.4 is 5.32 Å². The SMILES string of the molecule is CC(CNC(=O)Cc1ccccc1O)CN1CCN(C)CC1. The fourth-order valence-electron chi connectivity index (χ4n) is 2.72. The van der Waals surface area contributed by atoms with Crippen molar-refractivity contribution in [2.75, 3.05) is 46.3 Å². The lowest BCUT2D eigenvalue weighted by molar-refractivity contribution is -0.120. The first-order chi connectivity index (χ1) is 10.5. The van der Waals surface area contributed by atoms with Crippen LogP contribution in [0.1, 0.15) is 12.5 Å². The van der Waals surface area contributed by atoms with Crippen molar-refractivity contribution in [1.82, 2.24) is 15.1 Å². The minimum Gasteiger partial charge on any atom is -0.508 e. The molecule has 0 radical (unpaired) electrons. The van der Waals surface area contributed by atoms with Crippen molar-refractivity contribution in [3.63, 3.8) is 0 Å². The fraction of sp³-hybridized carbons (Fsp3) is 0.588. The maximum Gasteiger partial charge on any atom is 0.224 e. The third kappa shape index (κ3) is 5.31. The molecule has 1 saturated heterocycles. The molecule has 0 aliphatic carbocycles. The molecule has 5 heteroatoms. The van der Waals surface area contributed by atoms with E-state index < -0.39 is 0 Å². The van der Waals surface area contributed by atoms with E-state index in [1.54, 1.807) is 18.2 Å². The van der Waals surface area contributed by atoms with Crippen LogP contribution in [0.25, 0.3) is 0 Å². The third-order valence-corrected chi connectivity index (χ3v) is 4.16. The number of para-hydroxylation sites is 1. The molecule has 0 spiro atoms. The Morgan fingerprint density at radius 3 is 2.64 bits per heavy atom. The second kappa shape index (κ2) is 8.15. The van der Waals surface area contributed by atoms with Crippen LogP contribution in [0.15, 0.2) is 24.3 Å². The lowest BCUT2D eigenvalue weighted by Gasteiger charge is -2.33. The highest BCUT2D eigenvalue weighted by molar-refractivity contribution is 5.79. The molecule has 22 heavy (non-hydrogen) atoms. The van der Waals surface area contributed by atoms with Crippen molar-refractivity contribution < 1.29 is 9.90 Å². The van der Waals surface area contributed by atoms with Gasteiger partial charge in [-0.1, -0.05) is 25.1 Å². The highest BCUT2D eigenvalue weighted by Gasteiger charge is 2.16. The maximum atomic E-state index is 12.0. The molecule has 0 saturated carbocycles. The number of piperazine rings is 1. The Labute approximate surface area is 132 Å². The number of nitrogens with zero attached hydrogens (tertiary/aromatic N) is 2. The summed E-state index contributed by atoms with van der Waals surface area (Å²) >= 11 is 0. The average molecular weight is 305 g/mol. The van der Waals surface area contributed by atoms with Crippen LogP contribution >= 0.6 is 0 Å². The third-order valence-electron chi connectivity index (χ3n) is 4.16. The molecule has 2 N–H and O–H groups in total. The maximum absolute atomic E-state index is 12.0. The number of likely N-dealkylation sites (N-methyl/N-ethyl adjacent to an activating group) is 1. The van der Waals surface area contributed by atoms with Gasteiger partial charge in [0.2, 0.25) is 5.91 Å². The molecule has 1 fully saturated rings. The summed E-state index contributed by atoms with van der Waals surface area (Å²) in [7, 11) is 2.15. The molecule has 1 atom stereocenters. The van der Waals surface area contributed by atoms with E-state index in [1.807, 2.05) is 6.07 Å². The Kier molecular flexibility index (Phi) is 6.21. The number of carbonyl (C=O) groups excluding carboxylic acids is 1. The van der Waals surface area contributed by atoms with Gasteiger partial charge < -0.3 is 20.2 Å². The van der Waals surface area contributed by atoms with Gasteiger partial charge in [0.15, 0.2) is 0 Å². The summed E-state index contributed by atoms with van der Waals surface area (Å²) in [6.07, 6.45) is 0.230. The molecule has 2 rings (SSSR count). The normalized spacial score (nSPS) is 18.1. The lowest BCUT2D eigenvalue weighted by atomic mass is 10.1. The van der Waals surface area contributed by atoms with Gasteiger partial charge in [-0.2, -0.15) is 0 Å². The second-order valence-electron chi connectivity index (χ2n) is 6.32. The summed E-state index contributed by atoms with van der Waals surface area (Å²) in [5.74, 6) is 0.576. The first-order valence-corrected chi connectivity index (χ1v) is 7.99. The van der Waals surface area contributed by atoms with Crippen LogP contribution in [-0.4, -0.2) is 67.1 Å². The summed E-state index contributed by atoms with van der Waals surface area (Å²) < 4.78 is 0. The lowest BCUT2D eigenvalue weighted by Crippen LogP contribution is -2.47. The smallest absolute Gasteiger partial charge is 0.224 e. The average Bonchev–Trinajstić information content (AvgIpc) is 2.50. The van der Waals surface area contributed by atoms with Gasteiger partial charge in [-0.05, 0) is 19.0 Å². The van der Waals surface area contributed by atoms with Crippen molar-refractivity contribution in [2.24, 2.45) is 5.92 Å². The van der Waals surface area contributed by atoms with E-state index in [-0.39, 0.29) is 18.1 Å². The van der Waals surface area contributed by atoms with Crippen LogP contribution in [-0.2, 0) is 11.2 Å². The van der Waals surface area contributed by atoms with Crippen LogP contribution in [0.2, 0.25) is 0 Å². The predicted molar refractivity (Wildman–Crippen MR) is 87.9 cm³/mol. The van der Waals surface area contributed by atoms with E-state index in [4.69, 9.17) is 0 Å². The first kappa shape index (κ1) is 16.8. The minimum absolute atomic E-state index is 0.0354. The zero-order chi connectivity index (χ0) is 15.9. The van der Waals surface area contributed by atoms with Gasteiger partial charge >= 0.3 is 0 Å². The number of nitrogens with one attached hydrogen (secondary N) is 1. The Morgan fingerprint density at radius 2 is 1.95 bits per heavy atom. The zero-order valence-electron chi connectivity index (χ0n) is 13.6. The van der Waals surface area contributed by atoms with Crippen LogP contribution in [0, 0.1) is 5.92 Å². The predicted octanol–water partition coefficient (Wildman–Crippen LogP) is 0.934. The first-order valence-electron chi connectivity index (χ1n) is 7.99. The molecule has 122 valence electrons. The molecule has 5 nitrogen and oxygen atoms in total. The Morgan fingerprint density at radius 1 is 1.27 bits per heavy atom. The van der Waals surface area contributed by atoms with Crippen molar-refractivity contribution >= 4 is 5.91 Å². The second-order valence-corrected chi connectivity index (χ2v) is 6.32. The molecule has 1 aliphatic rings. The monoisotopic (exact) mass is 305 g/mol. The van der Waals surface area contributed by atoms with Gasteiger partial charge in [0, 0.05) is 44.8 Å². The van der Waals surface area contributed by atoms with E-state index in [1.165, 1.54) is 0 Å². The van der Waals surface area contributed by atoms with Gasteiger partial charge in [-0.25, -0.2) is 0 Å². The standard InChI is InChI=1S/C17H27N3O2/c1-14(13-20-9-7-19(2)8-10-20)12-18-17(22)11-15-5-3-4-6-16(15)21/h3-6,14,21H,7-13H2,1-2H3,(H,18,22). The topological polar surface area (TPSA) is 55.8 Å². The van der Waals surface area contributed by atoms with Crippen LogP contribution in [0.3, 0.4) is 0 Å². The van der Waals surface area contributed by atoms with Crippen molar-refractivity contribution in [2.45, 2.75) is 13.3 Å². The van der Waals surface area contributed by atoms with E-state index in [0.29, 0.717) is 18.0 Å². The highest BCUT2D eigenvalue weighted by atomic mass is 16.3. The van der Waals surface area contributed by atoms with Gasteiger partial charge in [0.1, 0.15) is 5.75 Å². The summed E-state index contributed by atoms with van der Waals surface area (Å²) in [5.41, 5.74) is 0.673. The largest absolute Gasteiger partial charge is 0.508 e. The number of carbonyl (C=O) groups is 1. The summed E-state index contributed by atoms with van der Waals surface area (Å²) in [4.78, 5) is 16.8. The fourth-order valence-corrected chi connectivity index (χ4v) is 2.72. The molecule has 1 heterocycles. The van der Waals surface area contributed by atoms with Gasteiger partial charge in [0.05, 0.1) is 6.42 Å². The number of hydrogen-bond acceptors (Lipinski definition) is 4. The molecule has 0 aromatic heterocycles. The molecular formula is C17H27N3O2. The zero-order valence-corrected chi connectivity index (χ0v) is 13.6. The van der Waals surface area contributed by atoms with E-state index in [9.17, 15) is 9.90 Å². The molecule has 1 amide bonds. The number of hydrogen-bond donors (Lipinski definition) is 2. The van der Waals surface area contributed by atoms with Crippen molar-refractivity contribution in [1.29, 1.82) is 0 Å². The van der Waals surface area contributed by atoms with Crippen molar-refractivity contribution in [3.8, 4) is 5.75 Å². The number of aromatic hydroxyl groups is 1. The Hall–Kier alpha value is -1.59. The quantitative estimate of drug-likeness (QED) is 0.821. The summed E-state index contributed by atoms with van der Waals surface area (Å²) in [6, 6.07) is 6.98. The van der Waals surface area contributed by atoms with E-state index >= 15 is 0 Å². The summed E-state index contributed by atoms with van der Waals surface area (Å²) in [5, 5.41) is 12.7. The number of phenolic OH excluding ortho intramolecular Hbond substituents is 1. The molecule has 1 aromatic rings. The Balaban J connectivity index is 1.68. The number of benzene rings is 1. The van der Waals surface area contributed by atoms with Gasteiger partial charge in [0.25, 0.3) is 0 Å². The molecule has 1 unspecified atom stereocenters. The molecule has 1 aromatic carbocycles. The minimum atomic E-state index is -0.0354. The molecular weight excluding hydrogens is 278 g/mol.